The van der Waals surface area contributed by atoms with Crippen LogP contribution in [0.5, 0.6) is 0 Å². The second-order valence-corrected chi connectivity index (χ2v) is 8.00. The van der Waals surface area contributed by atoms with Crippen LogP contribution in [0.3, 0.4) is 0 Å². The first-order chi connectivity index (χ1) is 14.3. The van der Waals surface area contributed by atoms with Gasteiger partial charge in [-0.1, -0.05) is 12.1 Å². The van der Waals surface area contributed by atoms with Crippen LogP contribution in [0.15, 0.2) is 60.2 Å². The molecule has 146 valence electrons. The zero-order valence-corrected chi connectivity index (χ0v) is 16.6. The number of pyridine rings is 1. The Morgan fingerprint density at radius 1 is 1.28 bits per heavy atom. The van der Waals surface area contributed by atoms with Gasteiger partial charge in [-0.3, -0.25) is 4.79 Å². The molecule has 1 aliphatic heterocycles. The monoisotopic (exact) mass is 404 g/mol. The Morgan fingerprint density at radius 3 is 2.86 bits per heavy atom. The van der Waals surface area contributed by atoms with Gasteiger partial charge in [0.2, 0.25) is 0 Å². The van der Waals surface area contributed by atoms with Crippen LogP contribution in [0.4, 0.5) is 0 Å². The van der Waals surface area contributed by atoms with E-state index in [0.29, 0.717) is 12.2 Å². The van der Waals surface area contributed by atoms with E-state index in [1.807, 2.05) is 34.5 Å². The number of fused-ring (bicyclic) bond motifs is 1. The smallest absolute Gasteiger partial charge is 0.270 e. The van der Waals surface area contributed by atoms with Crippen LogP contribution in [0.1, 0.15) is 28.0 Å². The molecule has 3 aromatic heterocycles. The molecule has 1 fully saturated rings. The Labute approximate surface area is 172 Å². The third-order valence-electron chi connectivity index (χ3n) is 5.10. The van der Waals surface area contributed by atoms with Crippen molar-refractivity contribution < 1.29 is 9.53 Å². The molecule has 1 aromatic carbocycles. The molecule has 29 heavy (non-hydrogen) atoms. The lowest BCUT2D eigenvalue weighted by molar-refractivity contribution is -0.0473. The van der Waals surface area contributed by atoms with Crippen molar-refractivity contribution in [2.75, 3.05) is 13.2 Å². The maximum Gasteiger partial charge on any atom is 0.270 e. The lowest BCUT2D eigenvalue weighted by atomic mass is 10.0. The molecule has 1 atom stereocenters. The van der Waals surface area contributed by atoms with Gasteiger partial charge in [0, 0.05) is 25.5 Å². The Morgan fingerprint density at radius 2 is 2.14 bits per heavy atom. The molecule has 0 saturated carbocycles. The van der Waals surface area contributed by atoms with Gasteiger partial charge in [0.25, 0.3) is 5.91 Å². The van der Waals surface area contributed by atoms with Crippen LogP contribution in [-0.2, 0) is 11.2 Å². The van der Waals surface area contributed by atoms with E-state index in [4.69, 9.17) is 4.74 Å². The summed E-state index contributed by atoms with van der Waals surface area (Å²) in [6, 6.07) is 14.1. The second kappa shape index (κ2) is 7.77. The van der Waals surface area contributed by atoms with Crippen LogP contribution in [0.2, 0.25) is 0 Å². The fraction of sp³-hybridized carbons (Fsp3) is 0.227. The van der Waals surface area contributed by atoms with E-state index >= 15 is 0 Å². The van der Waals surface area contributed by atoms with Crippen molar-refractivity contribution in [3.8, 4) is 5.69 Å². The third-order valence-corrected chi connectivity index (χ3v) is 6.08. The largest absolute Gasteiger partial charge is 0.376 e. The summed E-state index contributed by atoms with van der Waals surface area (Å²) in [5.74, 6) is -0.149. The highest BCUT2D eigenvalue weighted by atomic mass is 32.1. The van der Waals surface area contributed by atoms with Crippen LogP contribution < -0.4 is 5.32 Å². The number of thiophene rings is 1. The molecule has 0 aliphatic carbocycles. The molecule has 4 aromatic rings. The number of hydrogen-bond acceptors (Lipinski definition) is 5. The molecule has 1 amide bonds. The molecule has 7 heteroatoms. The summed E-state index contributed by atoms with van der Waals surface area (Å²) in [4.78, 5) is 17.2. The van der Waals surface area contributed by atoms with E-state index in [1.165, 1.54) is 5.56 Å². The van der Waals surface area contributed by atoms with E-state index in [0.717, 1.165) is 40.9 Å². The third kappa shape index (κ3) is 3.79. The van der Waals surface area contributed by atoms with Gasteiger partial charge in [-0.15, -0.1) is 11.3 Å². The van der Waals surface area contributed by atoms with E-state index in [-0.39, 0.29) is 12.0 Å². The van der Waals surface area contributed by atoms with Gasteiger partial charge in [0.15, 0.2) is 0 Å². The van der Waals surface area contributed by atoms with Crippen molar-refractivity contribution in [3.05, 3.63) is 77.1 Å². The molecule has 0 radical (unpaired) electrons. The molecule has 0 bridgehead atoms. The van der Waals surface area contributed by atoms with E-state index < -0.39 is 0 Å². The molecular formula is C22H20N4O2S. The van der Waals surface area contributed by atoms with E-state index in [1.54, 1.807) is 17.5 Å². The highest BCUT2D eigenvalue weighted by Crippen LogP contribution is 2.27. The Balaban J connectivity index is 1.38. The summed E-state index contributed by atoms with van der Waals surface area (Å²) in [7, 11) is 0. The summed E-state index contributed by atoms with van der Waals surface area (Å²) in [6.45, 7) is 1.31. The van der Waals surface area contributed by atoms with Crippen molar-refractivity contribution in [3.63, 3.8) is 0 Å². The van der Waals surface area contributed by atoms with Crippen LogP contribution >= 0.6 is 11.3 Å². The number of nitrogens with one attached hydrogen (secondary N) is 1. The Bertz CT molecular complexity index is 1130. The van der Waals surface area contributed by atoms with E-state index in [9.17, 15) is 4.79 Å². The zero-order chi connectivity index (χ0) is 19.6. The Kier molecular flexibility index (Phi) is 4.83. The first-order valence-electron chi connectivity index (χ1n) is 9.62. The second-order valence-electron chi connectivity index (χ2n) is 7.09. The summed E-state index contributed by atoms with van der Waals surface area (Å²) in [5, 5.41) is 9.22. The van der Waals surface area contributed by atoms with Crippen molar-refractivity contribution in [2.24, 2.45) is 0 Å². The number of rotatable bonds is 6. The number of hydrogen-bond donors (Lipinski definition) is 1. The number of carbonyl (C=O) groups excluding carboxylic acids is 1. The van der Waals surface area contributed by atoms with Crippen LogP contribution in [0.25, 0.3) is 15.9 Å². The maximum atomic E-state index is 12.6. The number of nitrogens with zero attached hydrogens (tertiary/aromatic N) is 3. The average Bonchev–Trinajstić information content (AvgIpc) is 3.39. The quantitative estimate of drug-likeness (QED) is 0.533. The van der Waals surface area contributed by atoms with Crippen molar-refractivity contribution in [2.45, 2.75) is 18.9 Å². The normalized spacial score (nSPS) is 15.9. The van der Waals surface area contributed by atoms with Crippen molar-refractivity contribution in [1.82, 2.24) is 20.1 Å². The fourth-order valence-electron chi connectivity index (χ4n) is 3.42. The molecule has 6 nitrogen and oxygen atoms in total. The lowest BCUT2D eigenvalue weighted by Crippen LogP contribution is -2.39. The number of amides is 1. The van der Waals surface area contributed by atoms with Gasteiger partial charge in [0.1, 0.15) is 5.69 Å². The average molecular weight is 404 g/mol. The van der Waals surface area contributed by atoms with Gasteiger partial charge in [-0.2, -0.15) is 5.10 Å². The standard InChI is InChI=1S/C22H20N4O2S/c27-22(23-14-18-6-10-28-18)20-13-16(21-19(25-20)7-11-29-21)12-15-2-4-17(5-3-15)26-9-1-8-24-26/h1-5,7-9,11,13,18H,6,10,12,14H2,(H,23,27). The van der Waals surface area contributed by atoms with Gasteiger partial charge in [-0.25, -0.2) is 9.67 Å². The summed E-state index contributed by atoms with van der Waals surface area (Å²) in [5.41, 5.74) is 4.63. The topological polar surface area (TPSA) is 69.0 Å². The SMILES string of the molecule is O=C(NCC1CCO1)c1cc(Cc2ccc(-n3cccn3)cc2)c2sccc2n1. The van der Waals surface area contributed by atoms with Gasteiger partial charge >= 0.3 is 0 Å². The van der Waals surface area contributed by atoms with Gasteiger partial charge in [-0.05, 0) is 59.7 Å². The van der Waals surface area contributed by atoms with E-state index in [2.05, 4.69) is 39.7 Å². The summed E-state index contributed by atoms with van der Waals surface area (Å²) < 4.78 is 8.33. The Hall–Kier alpha value is -3.03. The molecule has 5 rings (SSSR count). The number of ether oxygens (including phenoxy) is 1. The number of carbonyl (C=O) groups is 1. The van der Waals surface area contributed by atoms with Gasteiger partial charge < -0.3 is 10.1 Å². The van der Waals surface area contributed by atoms with Crippen molar-refractivity contribution >= 4 is 27.5 Å². The molecule has 0 spiro atoms. The molecular weight excluding hydrogens is 384 g/mol. The molecule has 4 heterocycles. The van der Waals surface area contributed by atoms with Crippen molar-refractivity contribution in [1.29, 1.82) is 0 Å². The predicted octanol–water partition coefficient (Wildman–Crippen LogP) is 3.59. The minimum absolute atomic E-state index is 0.136. The van der Waals surface area contributed by atoms with Gasteiger partial charge in [0.05, 0.1) is 22.0 Å². The molecule has 1 unspecified atom stereocenters. The zero-order valence-electron chi connectivity index (χ0n) is 15.7. The van der Waals surface area contributed by atoms with Crippen LogP contribution in [-0.4, -0.2) is 39.9 Å². The first-order valence-corrected chi connectivity index (χ1v) is 10.5. The molecule has 1 saturated heterocycles. The molecule has 1 N–H and O–H groups in total. The number of aromatic nitrogens is 3. The maximum absolute atomic E-state index is 12.6. The molecule has 1 aliphatic rings. The lowest BCUT2D eigenvalue weighted by Gasteiger charge is -2.26. The summed E-state index contributed by atoms with van der Waals surface area (Å²) >= 11 is 1.66. The minimum atomic E-state index is -0.149. The first kappa shape index (κ1) is 18.0. The highest BCUT2D eigenvalue weighted by Gasteiger charge is 2.20. The highest BCUT2D eigenvalue weighted by molar-refractivity contribution is 7.17. The predicted molar refractivity (Wildman–Crippen MR) is 113 cm³/mol. The number of benzene rings is 1. The van der Waals surface area contributed by atoms with Crippen LogP contribution in [0, 0.1) is 0 Å². The summed E-state index contributed by atoms with van der Waals surface area (Å²) in [6.07, 6.45) is 5.56. The fourth-order valence-corrected chi connectivity index (χ4v) is 4.27. The minimum Gasteiger partial charge on any atom is -0.376 e.